The Balaban J connectivity index is 1.53. The number of nitrogens with zero attached hydrogens (tertiary/aromatic N) is 2. The molecule has 0 fully saturated rings. The molecule has 8 nitrogen and oxygen atoms in total. The number of esters is 1. The van der Waals surface area contributed by atoms with Gasteiger partial charge in [0.15, 0.2) is 11.5 Å². The number of aryl methyl sites for hydroxylation is 1. The zero-order chi connectivity index (χ0) is 31.1. The molecule has 8 heteroatoms. The van der Waals surface area contributed by atoms with Crippen LogP contribution in [0.5, 0.6) is 11.5 Å². The van der Waals surface area contributed by atoms with Gasteiger partial charge < -0.3 is 24.0 Å². The van der Waals surface area contributed by atoms with Crippen molar-refractivity contribution in [3.8, 4) is 11.5 Å². The number of rotatable bonds is 11. The zero-order valence-electron chi connectivity index (χ0n) is 25.8. The summed E-state index contributed by atoms with van der Waals surface area (Å²) in [6.45, 7) is 6.55. The number of likely N-dealkylation sites (N-methyl/N-ethyl adjacent to an activating group) is 1. The molecule has 0 radical (unpaired) electrons. The second-order valence-electron chi connectivity index (χ2n) is 10.7. The number of hydrogen-bond acceptors (Lipinski definition) is 6. The molecule has 1 aliphatic rings. The van der Waals surface area contributed by atoms with Gasteiger partial charge in [-0.05, 0) is 73.7 Å². The molecule has 1 heterocycles. The quantitative estimate of drug-likeness (QED) is 0.270. The Morgan fingerprint density at radius 2 is 1.67 bits per heavy atom. The summed E-state index contributed by atoms with van der Waals surface area (Å²) < 4.78 is 16.1. The van der Waals surface area contributed by atoms with Gasteiger partial charge in [0.1, 0.15) is 0 Å². The summed E-state index contributed by atoms with van der Waals surface area (Å²) in [5.74, 6) is 0.315. The van der Waals surface area contributed by atoms with E-state index in [-0.39, 0.29) is 37.3 Å². The maximum absolute atomic E-state index is 13.5. The number of hydrogen-bond donors (Lipinski definition) is 0. The molecule has 1 atom stereocenters. The first-order valence-corrected chi connectivity index (χ1v) is 14.5. The van der Waals surface area contributed by atoms with E-state index in [4.69, 9.17) is 14.2 Å². The van der Waals surface area contributed by atoms with Crippen molar-refractivity contribution in [3.63, 3.8) is 0 Å². The predicted molar refractivity (Wildman–Crippen MR) is 165 cm³/mol. The number of carbonyl (C=O) groups is 3. The Bertz CT molecular complexity index is 1530. The molecular weight excluding hydrogens is 544 g/mol. The largest absolute Gasteiger partial charge is 0.493 e. The van der Waals surface area contributed by atoms with E-state index >= 15 is 0 Å². The van der Waals surface area contributed by atoms with Crippen molar-refractivity contribution in [3.05, 3.63) is 106 Å². The van der Waals surface area contributed by atoms with Crippen LogP contribution in [0.4, 0.5) is 0 Å². The molecule has 1 aliphatic heterocycles. The summed E-state index contributed by atoms with van der Waals surface area (Å²) in [5.41, 5.74) is 5.39. The molecule has 0 saturated heterocycles. The highest BCUT2D eigenvalue weighted by atomic mass is 16.5. The summed E-state index contributed by atoms with van der Waals surface area (Å²) in [6.07, 6.45) is 0.807. The molecule has 2 amide bonds. The van der Waals surface area contributed by atoms with Gasteiger partial charge in [-0.2, -0.15) is 0 Å². The highest BCUT2D eigenvalue weighted by molar-refractivity contribution is 5.96. The van der Waals surface area contributed by atoms with E-state index in [0.717, 1.165) is 22.3 Å². The van der Waals surface area contributed by atoms with Crippen LogP contribution in [-0.4, -0.2) is 62.0 Å². The van der Waals surface area contributed by atoms with Gasteiger partial charge in [0, 0.05) is 37.2 Å². The molecule has 4 rings (SSSR count). The molecule has 3 aromatic rings. The summed E-state index contributed by atoms with van der Waals surface area (Å²) in [6, 6.07) is 20.8. The average Bonchev–Trinajstić information content (AvgIpc) is 3.01. The predicted octanol–water partition coefficient (Wildman–Crippen LogP) is 5.68. The normalized spacial score (nSPS) is 14.9. The van der Waals surface area contributed by atoms with Gasteiger partial charge in [0.2, 0.25) is 5.91 Å². The van der Waals surface area contributed by atoms with Gasteiger partial charge in [-0.25, -0.2) is 4.79 Å². The first-order chi connectivity index (χ1) is 20.7. The molecule has 0 aliphatic carbocycles. The standard InChI is InChI=1S/C35H40N2O6/c1-7-43-35(40)33-24(3)37(32(38)21-29(33)28-14-9-8-11-23(28)2)22-26-12-10-13-27(19-26)34(39)36(4)18-17-25-15-16-30(41-5)31(20-25)42-6/h8-16,19-20,29H,7,17-18,21-22H2,1-6H3. The lowest BCUT2D eigenvalue weighted by Crippen LogP contribution is -2.38. The minimum Gasteiger partial charge on any atom is -0.493 e. The summed E-state index contributed by atoms with van der Waals surface area (Å²) >= 11 is 0. The van der Waals surface area contributed by atoms with E-state index in [0.29, 0.717) is 41.3 Å². The molecule has 0 saturated carbocycles. The third-order valence-corrected chi connectivity index (χ3v) is 7.93. The minimum atomic E-state index is -0.411. The van der Waals surface area contributed by atoms with Crippen LogP contribution in [0.1, 0.15) is 58.8 Å². The van der Waals surface area contributed by atoms with Gasteiger partial charge >= 0.3 is 5.97 Å². The molecule has 226 valence electrons. The number of carbonyl (C=O) groups excluding carboxylic acids is 3. The summed E-state index contributed by atoms with van der Waals surface area (Å²) in [4.78, 5) is 43.3. The number of ether oxygens (including phenoxy) is 3. The Morgan fingerprint density at radius 1 is 0.930 bits per heavy atom. The SMILES string of the molecule is CCOC(=O)C1=C(C)N(Cc2cccc(C(=O)N(C)CCc3ccc(OC)c(OC)c3)c2)C(=O)CC1c1ccccc1C. The molecular formula is C35H40N2O6. The van der Waals surface area contributed by atoms with Crippen LogP contribution in [0, 0.1) is 6.92 Å². The van der Waals surface area contributed by atoms with E-state index < -0.39 is 5.97 Å². The van der Waals surface area contributed by atoms with Crippen LogP contribution in [0.3, 0.4) is 0 Å². The van der Waals surface area contributed by atoms with Gasteiger partial charge in [0.25, 0.3) is 5.91 Å². The molecule has 0 N–H and O–H groups in total. The first-order valence-electron chi connectivity index (χ1n) is 14.5. The third-order valence-electron chi connectivity index (χ3n) is 7.93. The van der Waals surface area contributed by atoms with Crippen LogP contribution >= 0.6 is 0 Å². The lowest BCUT2D eigenvalue weighted by atomic mass is 9.81. The summed E-state index contributed by atoms with van der Waals surface area (Å²) in [7, 11) is 4.96. The number of methoxy groups -OCH3 is 2. The smallest absolute Gasteiger partial charge is 0.336 e. The van der Waals surface area contributed by atoms with Crippen LogP contribution in [0.15, 0.2) is 78.0 Å². The van der Waals surface area contributed by atoms with Crippen LogP contribution in [-0.2, 0) is 27.3 Å². The van der Waals surface area contributed by atoms with Crippen LogP contribution in [0.25, 0.3) is 0 Å². The van der Waals surface area contributed by atoms with Gasteiger partial charge in [-0.3, -0.25) is 9.59 Å². The highest BCUT2D eigenvalue weighted by Crippen LogP contribution is 2.39. The molecule has 0 spiro atoms. The van der Waals surface area contributed by atoms with E-state index in [1.165, 1.54) is 0 Å². The third kappa shape index (κ3) is 7.08. The molecule has 3 aromatic carbocycles. The van der Waals surface area contributed by atoms with Crippen molar-refractivity contribution in [2.75, 3.05) is 34.4 Å². The van der Waals surface area contributed by atoms with Gasteiger partial charge in [-0.1, -0.05) is 42.5 Å². The van der Waals surface area contributed by atoms with E-state index in [1.54, 1.807) is 51.0 Å². The zero-order valence-corrected chi connectivity index (χ0v) is 25.8. The number of benzene rings is 3. The van der Waals surface area contributed by atoms with Gasteiger partial charge in [-0.15, -0.1) is 0 Å². The fourth-order valence-electron chi connectivity index (χ4n) is 5.56. The van der Waals surface area contributed by atoms with Crippen molar-refractivity contribution < 1.29 is 28.6 Å². The van der Waals surface area contributed by atoms with E-state index in [1.807, 2.05) is 67.6 Å². The number of allylic oxidation sites excluding steroid dienone is 1. The Morgan fingerprint density at radius 3 is 2.37 bits per heavy atom. The fourth-order valence-corrected chi connectivity index (χ4v) is 5.56. The molecule has 1 unspecified atom stereocenters. The summed E-state index contributed by atoms with van der Waals surface area (Å²) in [5, 5.41) is 0. The van der Waals surface area contributed by atoms with Gasteiger partial charge in [0.05, 0.1) is 32.9 Å². The average molecular weight is 585 g/mol. The van der Waals surface area contributed by atoms with E-state index in [9.17, 15) is 14.4 Å². The first kappa shape index (κ1) is 31.3. The Hall–Kier alpha value is -4.59. The Labute approximate surface area is 253 Å². The second kappa shape index (κ2) is 14.1. The van der Waals surface area contributed by atoms with E-state index in [2.05, 4.69) is 0 Å². The minimum absolute atomic E-state index is 0.0810. The van der Waals surface area contributed by atoms with Crippen LogP contribution in [0.2, 0.25) is 0 Å². The monoisotopic (exact) mass is 584 g/mol. The van der Waals surface area contributed by atoms with Crippen molar-refractivity contribution in [1.82, 2.24) is 9.80 Å². The maximum atomic E-state index is 13.5. The van der Waals surface area contributed by atoms with Crippen molar-refractivity contribution >= 4 is 17.8 Å². The van der Waals surface area contributed by atoms with Crippen LogP contribution < -0.4 is 9.47 Å². The topological polar surface area (TPSA) is 85.4 Å². The van der Waals surface area contributed by atoms with Crippen molar-refractivity contribution in [2.24, 2.45) is 0 Å². The fraction of sp³-hybridized carbons (Fsp3) is 0.343. The molecule has 0 aromatic heterocycles. The lowest BCUT2D eigenvalue weighted by molar-refractivity contribution is -0.140. The van der Waals surface area contributed by atoms with Crippen molar-refractivity contribution in [2.45, 2.75) is 46.1 Å². The Kier molecular flexibility index (Phi) is 10.2. The lowest BCUT2D eigenvalue weighted by Gasteiger charge is -2.35. The highest BCUT2D eigenvalue weighted by Gasteiger charge is 2.37. The molecule has 0 bridgehead atoms. The van der Waals surface area contributed by atoms with Crippen molar-refractivity contribution in [1.29, 1.82) is 0 Å². The molecule has 43 heavy (non-hydrogen) atoms. The number of amides is 2. The second-order valence-corrected chi connectivity index (χ2v) is 10.7. The maximum Gasteiger partial charge on any atom is 0.336 e.